The van der Waals surface area contributed by atoms with Crippen molar-refractivity contribution >= 4 is 17.6 Å². The minimum atomic E-state index is -1.09. The molecule has 7 nitrogen and oxygen atoms in total. The summed E-state index contributed by atoms with van der Waals surface area (Å²) in [5.41, 5.74) is 0.887. The fourth-order valence-electron chi connectivity index (χ4n) is 2.18. The molecule has 2 aromatic carbocycles. The van der Waals surface area contributed by atoms with Crippen LogP contribution in [0.15, 0.2) is 42.5 Å². The summed E-state index contributed by atoms with van der Waals surface area (Å²) in [4.78, 5) is 23.0. The molecule has 0 heterocycles. The minimum Gasteiger partial charge on any atom is -0.493 e. The summed E-state index contributed by atoms with van der Waals surface area (Å²) in [6, 6.07) is 11.4. The number of amides is 1. The van der Waals surface area contributed by atoms with Gasteiger partial charge in [0.05, 0.1) is 13.2 Å². The number of hydrogen-bond acceptors (Lipinski definition) is 5. The van der Waals surface area contributed by atoms with Crippen LogP contribution in [0.2, 0.25) is 0 Å². The van der Waals surface area contributed by atoms with Crippen molar-refractivity contribution in [2.45, 2.75) is 20.0 Å². The van der Waals surface area contributed by atoms with Gasteiger partial charge >= 0.3 is 5.97 Å². The van der Waals surface area contributed by atoms with Gasteiger partial charge in [0.25, 0.3) is 5.91 Å². The Bertz CT molecular complexity index is 787. The zero-order chi connectivity index (χ0) is 19.1. The molecule has 0 aliphatic carbocycles. The Balaban J connectivity index is 2.14. The smallest absolute Gasteiger partial charge is 0.341 e. The number of nitrogens with one attached hydrogen (secondary N) is 1. The van der Waals surface area contributed by atoms with Crippen LogP contribution in [-0.4, -0.2) is 36.8 Å². The van der Waals surface area contributed by atoms with E-state index in [1.54, 1.807) is 43.5 Å². The van der Waals surface area contributed by atoms with Crippen LogP contribution < -0.4 is 19.5 Å². The highest BCUT2D eigenvalue weighted by molar-refractivity contribution is 6.04. The normalized spacial score (nSPS) is 10.3. The van der Waals surface area contributed by atoms with Crippen LogP contribution in [0.4, 0.5) is 5.69 Å². The van der Waals surface area contributed by atoms with Crippen molar-refractivity contribution in [2.75, 3.05) is 19.0 Å². The van der Waals surface area contributed by atoms with Crippen molar-refractivity contribution in [3.63, 3.8) is 0 Å². The lowest BCUT2D eigenvalue weighted by Crippen LogP contribution is -2.13. The van der Waals surface area contributed by atoms with Crippen LogP contribution in [-0.2, 0) is 4.79 Å². The van der Waals surface area contributed by atoms with Gasteiger partial charge in [0.15, 0.2) is 18.1 Å². The lowest BCUT2D eigenvalue weighted by Gasteiger charge is -2.15. The molecular weight excluding hydrogens is 338 g/mol. The number of hydrogen-bond donors (Lipinski definition) is 2. The van der Waals surface area contributed by atoms with Gasteiger partial charge in [-0.05, 0) is 44.2 Å². The van der Waals surface area contributed by atoms with Gasteiger partial charge in [-0.2, -0.15) is 0 Å². The lowest BCUT2D eigenvalue weighted by atomic mass is 10.2. The molecule has 0 unspecified atom stereocenters. The van der Waals surface area contributed by atoms with E-state index in [4.69, 9.17) is 19.3 Å². The molecule has 0 bridgehead atoms. The summed E-state index contributed by atoms with van der Waals surface area (Å²) < 4.78 is 16.0. The summed E-state index contributed by atoms with van der Waals surface area (Å²) in [5, 5.41) is 11.4. The second kappa shape index (κ2) is 8.75. The minimum absolute atomic E-state index is 0.0436. The second-order valence-corrected chi connectivity index (χ2v) is 5.70. The van der Waals surface area contributed by atoms with Gasteiger partial charge in [0, 0.05) is 17.3 Å². The highest BCUT2D eigenvalue weighted by Gasteiger charge is 2.12. The van der Waals surface area contributed by atoms with E-state index in [-0.39, 0.29) is 12.0 Å². The van der Waals surface area contributed by atoms with Gasteiger partial charge in [-0.25, -0.2) is 4.79 Å². The van der Waals surface area contributed by atoms with E-state index in [1.807, 2.05) is 13.8 Å². The Morgan fingerprint density at radius 1 is 1.12 bits per heavy atom. The van der Waals surface area contributed by atoms with Crippen molar-refractivity contribution in [3.05, 3.63) is 48.0 Å². The first-order valence-corrected chi connectivity index (χ1v) is 7.99. The number of carboxylic acids is 1. The van der Waals surface area contributed by atoms with Crippen molar-refractivity contribution in [2.24, 2.45) is 0 Å². The Hall–Kier alpha value is -3.22. The highest BCUT2D eigenvalue weighted by atomic mass is 16.5. The number of carbonyl (C=O) groups is 2. The van der Waals surface area contributed by atoms with Crippen LogP contribution in [0.1, 0.15) is 24.2 Å². The molecule has 0 saturated heterocycles. The van der Waals surface area contributed by atoms with E-state index in [0.29, 0.717) is 28.5 Å². The predicted molar refractivity (Wildman–Crippen MR) is 96.3 cm³/mol. The van der Waals surface area contributed by atoms with E-state index >= 15 is 0 Å². The first-order chi connectivity index (χ1) is 12.4. The third-order valence-corrected chi connectivity index (χ3v) is 3.24. The van der Waals surface area contributed by atoms with Crippen LogP contribution in [0.5, 0.6) is 17.2 Å². The Labute approximate surface area is 151 Å². The molecule has 7 heteroatoms. The van der Waals surface area contributed by atoms with E-state index in [1.165, 1.54) is 6.07 Å². The maximum Gasteiger partial charge on any atom is 0.341 e. The summed E-state index contributed by atoms with van der Waals surface area (Å²) in [7, 11) is 1.55. The summed E-state index contributed by atoms with van der Waals surface area (Å²) in [5.74, 6) is -0.0413. The van der Waals surface area contributed by atoms with Gasteiger partial charge in [-0.1, -0.05) is 6.07 Å². The van der Waals surface area contributed by atoms with Crippen molar-refractivity contribution in [1.29, 1.82) is 0 Å². The first kappa shape index (κ1) is 19.1. The zero-order valence-corrected chi connectivity index (χ0v) is 14.8. The second-order valence-electron chi connectivity index (χ2n) is 5.70. The lowest BCUT2D eigenvalue weighted by molar-refractivity contribution is -0.139. The Morgan fingerprint density at radius 3 is 2.54 bits per heavy atom. The number of carboxylic acid groups (broad SMARTS) is 1. The molecule has 1 amide bonds. The van der Waals surface area contributed by atoms with E-state index < -0.39 is 12.6 Å². The van der Waals surface area contributed by atoms with Gasteiger partial charge < -0.3 is 24.6 Å². The highest BCUT2D eigenvalue weighted by Crippen LogP contribution is 2.31. The number of anilines is 1. The van der Waals surface area contributed by atoms with E-state index in [0.717, 1.165) is 0 Å². The molecule has 2 aromatic rings. The molecule has 0 saturated carbocycles. The molecule has 0 fully saturated rings. The Kier molecular flexibility index (Phi) is 6.43. The molecule has 0 aliphatic heterocycles. The fourth-order valence-corrected chi connectivity index (χ4v) is 2.18. The summed E-state index contributed by atoms with van der Waals surface area (Å²) in [6.07, 6.45) is -0.0436. The van der Waals surface area contributed by atoms with Crippen molar-refractivity contribution in [1.82, 2.24) is 0 Å². The van der Waals surface area contributed by atoms with Crippen LogP contribution in [0.3, 0.4) is 0 Å². The molecule has 0 atom stereocenters. The monoisotopic (exact) mass is 359 g/mol. The average Bonchev–Trinajstić information content (AvgIpc) is 2.60. The molecule has 0 aromatic heterocycles. The molecule has 26 heavy (non-hydrogen) atoms. The van der Waals surface area contributed by atoms with Gasteiger partial charge in [0.1, 0.15) is 5.75 Å². The third-order valence-electron chi connectivity index (χ3n) is 3.24. The molecule has 0 aliphatic rings. The van der Waals surface area contributed by atoms with Gasteiger partial charge in [-0.15, -0.1) is 0 Å². The number of ether oxygens (including phenoxy) is 3. The number of methoxy groups -OCH3 is 1. The average molecular weight is 359 g/mol. The SMILES string of the molecule is COc1ccc(NC(=O)c2cccc(OCC(=O)O)c2)cc1OC(C)C. The number of carbonyl (C=O) groups excluding carboxylic acids is 1. The van der Waals surface area contributed by atoms with E-state index in [2.05, 4.69) is 5.32 Å². The molecular formula is C19H21NO6. The number of aliphatic carboxylic acids is 1. The summed E-state index contributed by atoms with van der Waals surface area (Å²) in [6.45, 7) is 3.32. The predicted octanol–water partition coefficient (Wildman–Crippen LogP) is 3.20. The molecule has 138 valence electrons. The van der Waals surface area contributed by atoms with Crippen molar-refractivity contribution < 1.29 is 28.9 Å². The van der Waals surface area contributed by atoms with Crippen LogP contribution in [0.25, 0.3) is 0 Å². The number of benzene rings is 2. The standard InChI is InChI=1S/C19H21NO6/c1-12(2)26-17-10-14(7-8-16(17)24-3)20-19(23)13-5-4-6-15(9-13)25-11-18(21)22/h4-10,12H,11H2,1-3H3,(H,20,23)(H,21,22). The number of rotatable bonds is 8. The first-order valence-electron chi connectivity index (χ1n) is 7.99. The molecule has 0 spiro atoms. The molecule has 0 radical (unpaired) electrons. The molecule has 2 N–H and O–H groups in total. The Morgan fingerprint density at radius 2 is 1.88 bits per heavy atom. The maximum atomic E-state index is 12.4. The summed E-state index contributed by atoms with van der Waals surface area (Å²) >= 11 is 0. The van der Waals surface area contributed by atoms with Crippen molar-refractivity contribution in [3.8, 4) is 17.2 Å². The quantitative estimate of drug-likeness (QED) is 0.752. The van der Waals surface area contributed by atoms with Crippen LogP contribution in [0, 0.1) is 0 Å². The third kappa shape index (κ3) is 5.41. The zero-order valence-electron chi connectivity index (χ0n) is 14.8. The molecule has 2 rings (SSSR count). The van der Waals surface area contributed by atoms with Gasteiger partial charge in [-0.3, -0.25) is 4.79 Å². The van der Waals surface area contributed by atoms with Gasteiger partial charge in [0.2, 0.25) is 0 Å². The maximum absolute atomic E-state index is 12.4. The van der Waals surface area contributed by atoms with Crippen LogP contribution >= 0.6 is 0 Å². The van der Waals surface area contributed by atoms with E-state index in [9.17, 15) is 9.59 Å². The largest absolute Gasteiger partial charge is 0.493 e. The topological polar surface area (TPSA) is 94.1 Å². The fraction of sp³-hybridized carbons (Fsp3) is 0.263.